The quantitative estimate of drug-likeness (QED) is 0.766. The van der Waals surface area contributed by atoms with Crippen molar-refractivity contribution >= 4 is 18.3 Å². The average molecular weight is 337 g/mol. The molecule has 0 spiro atoms. The second kappa shape index (κ2) is 9.58. The maximum absolute atomic E-state index is 12.2. The molecule has 1 aromatic carbocycles. The molecule has 0 bridgehead atoms. The van der Waals surface area contributed by atoms with Crippen LogP contribution in [0.25, 0.3) is 0 Å². The van der Waals surface area contributed by atoms with Gasteiger partial charge in [-0.3, -0.25) is 4.79 Å². The van der Waals surface area contributed by atoms with Gasteiger partial charge in [0, 0.05) is 13.1 Å². The van der Waals surface area contributed by atoms with Gasteiger partial charge < -0.3 is 15.8 Å². The Bertz CT molecular complexity index is 443. The topological polar surface area (TPSA) is 64.4 Å². The Morgan fingerprint density at radius 2 is 1.82 bits per heavy atom. The maximum Gasteiger partial charge on any atom is 0.387 e. The van der Waals surface area contributed by atoms with Crippen LogP contribution in [0.4, 0.5) is 8.78 Å². The molecule has 0 unspecified atom stereocenters. The molecule has 1 rings (SSSR count). The van der Waals surface area contributed by atoms with Crippen LogP contribution in [0.5, 0.6) is 5.75 Å². The van der Waals surface area contributed by atoms with Crippen molar-refractivity contribution in [3.8, 4) is 5.75 Å². The fourth-order valence-electron chi connectivity index (χ4n) is 2.11. The SMILES string of the molecule is CCC(CC)(CN)C(=O)NCc1ccc(OC(F)F)cc1.Cl. The Morgan fingerprint density at radius 1 is 1.27 bits per heavy atom. The number of carbonyl (C=O) groups excluding carboxylic acids is 1. The van der Waals surface area contributed by atoms with E-state index in [0.29, 0.717) is 25.9 Å². The fraction of sp³-hybridized carbons (Fsp3) is 0.533. The minimum absolute atomic E-state index is 0. The van der Waals surface area contributed by atoms with E-state index in [9.17, 15) is 13.6 Å². The first-order chi connectivity index (χ1) is 9.97. The van der Waals surface area contributed by atoms with E-state index in [4.69, 9.17) is 5.73 Å². The van der Waals surface area contributed by atoms with Gasteiger partial charge in [-0.1, -0.05) is 26.0 Å². The van der Waals surface area contributed by atoms with Gasteiger partial charge in [0.05, 0.1) is 5.41 Å². The molecule has 1 aromatic rings. The maximum atomic E-state index is 12.2. The number of alkyl halides is 2. The molecule has 0 radical (unpaired) electrons. The third kappa shape index (κ3) is 5.42. The van der Waals surface area contributed by atoms with Crippen molar-refractivity contribution in [3.63, 3.8) is 0 Å². The third-order valence-corrected chi connectivity index (χ3v) is 3.83. The van der Waals surface area contributed by atoms with E-state index in [0.717, 1.165) is 5.56 Å². The minimum atomic E-state index is -2.84. The van der Waals surface area contributed by atoms with Crippen molar-refractivity contribution < 1.29 is 18.3 Å². The zero-order valence-corrected chi connectivity index (χ0v) is 13.6. The molecule has 4 nitrogen and oxygen atoms in total. The fourth-order valence-corrected chi connectivity index (χ4v) is 2.11. The van der Waals surface area contributed by atoms with Crippen molar-refractivity contribution in [1.29, 1.82) is 0 Å². The summed E-state index contributed by atoms with van der Waals surface area (Å²) in [4.78, 5) is 12.2. The summed E-state index contributed by atoms with van der Waals surface area (Å²) in [6, 6.07) is 6.17. The number of hydrogen-bond donors (Lipinski definition) is 2. The number of nitrogens with two attached hydrogens (primary N) is 1. The van der Waals surface area contributed by atoms with Crippen LogP contribution in [0.2, 0.25) is 0 Å². The lowest BCUT2D eigenvalue weighted by Gasteiger charge is -2.28. The van der Waals surface area contributed by atoms with Gasteiger partial charge >= 0.3 is 6.61 Å². The number of carbonyl (C=O) groups is 1. The first-order valence-corrected chi connectivity index (χ1v) is 6.99. The van der Waals surface area contributed by atoms with Crippen LogP contribution >= 0.6 is 12.4 Å². The number of halogens is 3. The van der Waals surface area contributed by atoms with Crippen LogP contribution < -0.4 is 15.8 Å². The van der Waals surface area contributed by atoms with Gasteiger partial charge in [-0.05, 0) is 30.5 Å². The summed E-state index contributed by atoms with van der Waals surface area (Å²) in [5.41, 5.74) is 5.98. The van der Waals surface area contributed by atoms with Gasteiger partial charge in [0.25, 0.3) is 0 Å². The van der Waals surface area contributed by atoms with Gasteiger partial charge in [0.15, 0.2) is 0 Å². The molecular weight excluding hydrogens is 314 g/mol. The highest BCUT2D eigenvalue weighted by molar-refractivity contribution is 5.85. The number of rotatable bonds is 8. The lowest BCUT2D eigenvalue weighted by atomic mass is 9.81. The zero-order valence-electron chi connectivity index (χ0n) is 12.8. The molecule has 0 saturated carbocycles. The van der Waals surface area contributed by atoms with Crippen molar-refractivity contribution in [2.45, 2.75) is 39.8 Å². The van der Waals surface area contributed by atoms with Gasteiger partial charge in [-0.2, -0.15) is 8.78 Å². The minimum Gasteiger partial charge on any atom is -0.435 e. The highest BCUT2D eigenvalue weighted by Gasteiger charge is 2.32. The summed E-state index contributed by atoms with van der Waals surface area (Å²) in [6.07, 6.45) is 1.35. The lowest BCUT2D eigenvalue weighted by Crippen LogP contribution is -2.45. The Morgan fingerprint density at radius 3 is 2.23 bits per heavy atom. The summed E-state index contributed by atoms with van der Waals surface area (Å²) >= 11 is 0. The predicted molar refractivity (Wildman–Crippen MR) is 84.2 cm³/mol. The third-order valence-electron chi connectivity index (χ3n) is 3.83. The Hall–Kier alpha value is -1.40. The number of hydrogen-bond acceptors (Lipinski definition) is 3. The monoisotopic (exact) mass is 336 g/mol. The van der Waals surface area contributed by atoms with Gasteiger partial charge in [-0.15, -0.1) is 12.4 Å². The number of benzene rings is 1. The molecule has 0 aliphatic rings. The molecule has 0 aromatic heterocycles. The molecule has 126 valence electrons. The van der Waals surface area contributed by atoms with Gasteiger partial charge in [0.1, 0.15) is 5.75 Å². The first kappa shape index (κ1) is 20.6. The Labute approximate surface area is 135 Å². The molecule has 0 atom stereocenters. The Balaban J connectivity index is 0.00000441. The first-order valence-electron chi connectivity index (χ1n) is 6.99. The van der Waals surface area contributed by atoms with E-state index in [1.54, 1.807) is 12.1 Å². The largest absolute Gasteiger partial charge is 0.435 e. The molecule has 1 amide bonds. The highest BCUT2D eigenvalue weighted by atomic mass is 35.5. The van der Waals surface area contributed by atoms with Crippen LogP contribution in [-0.2, 0) is 11.3 Å². The van der Waals surface area contributed by atoms with E-state index in [1.165, 1.54) is 12.1 Å². The van der Waals surface area contributed by atoms with Crippen molar-refractivity contribution in [1.82, 2.24) is 5.32 Å². The molecule has 22 heavy (non-hydrogen) atoms. The molecule has 7 heteroatoms. The second-order valence-corrected chi connectivity index (χ2v) is 4.90. The molecule has 0 fully saturated rings. The van der Waals surface area contributed by atoms with Crippen LogP contribution in [-0.4, -0.2) is 19.1 Å². The molecule has 0 aliphatic heterocycles. The van der Waals surface area contributed by atoms with E-state index in [2.05, 4.69) is 10.1 Å². The standard InChI is InChI=1S/C15H22F2N2O2.ClH/c1-3-15(4-2,10-18)13(20)19-9-11-5-7-12(8-6-11)21-14(16)17;/h5-8,14H,3-4,9-10,18H2,1-2H3,(H,19,20);1H. The highest BCUT2D eigenvalue weighted by Crippen LogP contribution is 2.25. The van der Waals surface area contributed by atoms with E-state index < -0.39 is 12.0 Å². The number of ether oxygens (including phenoxy) is 1. The van der Waals surface area contributed by atoms with Crippen molar-refractivity contribution in [2.24, 2.45) is 11.1 Å². The molecule has 0 aliphatic carbocycles. The number of amides is 1. The van der Waals surface area contributed by atoms with Crippen LogP contribution in [0.3, 0.4) is 0 Å². The van der Waals surface area contributed by atoms with E-state index in [1.807, 2.05) is 13.8 Å². The normalized spacial score (nSPS) is 11.0. The van der Waals surface area contributed by atoms with Gasteiger partial charge in [-0.25, -0.2) is 0 Å². The summed E-state index contributed by atoms with van der Waals surface area (Å²) in [6.45, 7) is 1.66. The summed E-state index contributed by atoms with van der Waals surface area (Å²) in [5, 5.41) is 2.84. The molecule has 3 N–H and O–H groups in total. The summed E-state index contributed by atoms with van der Waals surface area (Å²) in [7, 11) is 0. The second-order valence-electron chi connectivity index (χ2n) is 4.90. The van der Waals surface area contributed by atoms with Crippen LogP contribution in [0.1, 0.15) is 32.3 Å². The summed E-state index contributed by atoms with van der Waals surface area (Å²) < 4.78 is 28.3. The van der Waals surface area contributed by atoms with E-state index >= 15 is 0 Å². The number of nitrogens with one attached hydrogen (secondary N) is 1. The van der Waals surface area contributed by atoms with E-state index in [-0.39, 0.29) is 24.1 Å². The molecular formula is C15H23ClF2N2O2. The predicted octanol–water partition coefficient (Wildman–Crippen LogP) is 3.09. The molecule has 0 heterocycles. The molecule has 0 saturated heterocycles. The lowest BCUT2D eigenvalue weighted by molar-refractivity contribution is -0.131. The van der Waals surface area contributed by atoms with Gasteiger partial charge in [0.2, 0.25) is 5.91 Å². The zero-order chi connectivity index (χ0) is 15.9. The van der Waals surface area contributed by atoms with Crippen LogP contribution in [0.15, 0.2) is 24.3 Å². The summed E-state index contributed by atoms with van der Waals surface area (Å²) in [5.74, 6) is 0.0152. The van der Waals surface area contributed by atoms with Crippen molar-refractivity contribution in [2.75, 3.05) is 6.54 Å². The van der Waals surface area contributed by atoms with Crippen LogP contribution in [0, 0.1) is 5.41 Å². The van der Waals surface area contributed by atoms with Crippen molar-refractivity contribution in [3.05, 3.63) is 29.8 Å². The average Bonchev–Trinajstić information content (AvgIpc) is 2.48. The smallest absolute Gasteiger partial charge is 0.387 e. The Kier molecular flexibility index (Phi) is 8.97.